The third-order valence-corrected chi connectivity index (χ3v) is 6.23. The average Bonchev–Trinajstić information content (AvgIpc) is 3.03. The molecule has 0 amide bonds. The molecule has 24 heavy (non-hydrogen) atoms. The second-order valence-electron chi connectivity index (χ2n) is 5.50. The molecule has 0 fully saturated rings. The number of hydrogen-bond donors (Lipinski definition) is 1. The minimum Gasteiger partial charge on any atom is -0.436 e. The minimum atomic E-state index is 0.541. The van der Waals surface area contributed by atoms with E-state index in [1.54, 1.807) is 0 Å². The molecule has 0 saturated heterocycles. The molecule has 0 saturated carbocycles. The number of nitrogens with two attached hydrogens (primary N) is 1. The molecule has 0 radical (unpaired) electrons. The van der Waals surface area contributed by atoms with E-state index in [-0.39, 0.29) is 0 Å². The zero-order chi connectivity index (χ0) is 17.0. The van der Waals surface area contributed by atoms with E-state index in [1.807, 2.05) is 43.3 Å². The Bertz CT molecular complexity index is 1080. The van der Waals surface area contributed by atoms with Crippen LogP contribution in [0, 0.1) is 6.92 Å². The first kappa shape index (κ1) is 15.9. The van der Waals surface area contributed by atoms with Gasteiger partial charge in [0.05, 0.1) is 10.2 Å². The zero-order valence-corrected chi connectivity index (χ0v) is 16.5. The molecule has 0 aliphatic heterocycles. The van der Waals surface area contributed by atoms with Gasteiger partial charge in [-0.3, -0.25) is 0 Å². The van der Waals surface area contributed by atoms with Gasteiger partial charge in [0.1, 0.15) is 5.52 Å². The van der Waals surface area contributed by atoms with Gasteiger partial charge in [0.25, 0.3) is 0 Å². The van der Waals surface area contributed by atoms with Crippen molar-refractivity contribution in [3.05, 3.63) is 55.9 Å². The fourth-order valence-electron chi connectivity index (χ4n) is 2.82. The highest BCUT2D eigenvalue weighted by atomic mass is 79.9. The normalized spacial score (nSPS) is 11.5. The molecule has 0 bridgehead atoms. The second-order valence-corrected chi connectivity index (χ2v) is 7.50. The topological polar surface area (TPSA) is 52.0 Å². The molecular formula is C18H11Br2ClN2O. The van der Waals surface area contributed by atoms with E-state index in [1.165, 1.54) is 0 Å². The Morgan fingerprint density at radius 1 is 1.04 bits per heavy atom. The van der Waals surface area contributed by atoms with E-state index in [4.69, 9.17) is 21.8 Å². The first-order valence-electron chi connectivity index (χ1n) is 7.20. The summed E-state index contributed by atoms with van der Waals surface area (Å²) in [4.78, 5) is 4.67. The van der Waals surface area contributed by atoms with Crippen LogP contribution in [0.2, 0.25) is 5.02 Å². The maximum absolute atomic E-state index is 6.31. The molecule has 0 aliphatic rings. The van der Waals surface area contributed by atoms with Crippen molar-refractivity contribution < 1.29 is 4.42 Å². The third kappa shape index (κ3) is 2.26. The fourth-order valence-corrected chi connectivity index (χ4v) is 4.17. The molecule has 0 unspecified atom stereocenters. The number of hydrogen-bond acceptors (Lipinski definition) is 3. The molecular weight excluding hydrogens is 455 g/mol. The van der Waals surface area contributed by atoms with Gasteiger partial charge in [-0.05, 0) is 56.3 Å². The molecule has 2 N–H and O–H groups in total. The quantitative estimate of drug-likeness (QED) is 0.317. The Morgan fingerprint density at radius 3 is 2.54 bits per heavy atom. The lowest BCUT2D eigenvalue weighted by Crippen LogP contribution is -1.92. The molecule has 120 valence electrons. The van der Waals surface area contributed by atoms with Crippen molar-refractivity contribution in [2.45, 2.75) is 6.92 Å². The standard InChI is InChI=1S/C18H11Br2ClN2O/c1-8-13(19)15(22)14(20)16-17(8)24-18(23-16)11-6-2-5-10-9(11)4-3-7-12(10)21/h2-7H,22H2,1H3. The van der Waals surface area contributed by atoms with Crippen LogP contribution in [0.3, 0.4) is 0 Å². The van der Waals surface area contributed by atoms with Crippen molar-refractivity contribution in [1.82, 2.24) is 4.98 Å². The lowest BCUT2D eigenvalue weighted by atomic mass is 10.0. The van der Waals surface area contributed by atoms with Crippen LogP contribution in [0.4, 0.5) is 5.69 Å². The number of aryl methyl sites for hydroxylation is 1. The highest BCUT2D eigenvalue weighted by Gasteiger charge is 2.19. The van der Waals surface area contributed by atoms with E-state index >= 15 is 0 Å². The van der Waals surface area contributed by atoms with Crippen molar-refractivity contribution in [2.75, 3.05) is 5.73 Å². The first-order valence-corrected chi connectivity index (χ1v) is 9.16. The Balaban J connectivity index is 2.07. The smallest absolute Gasteiger partial charge is 0.227 e. The third-order valence-electron chi connectivity index (χ3n) is 4.08. The average molecular weight is 467 g/mol. The van der Waals surface area contributed by atoms with Gasteiger partial charge in [-0.1, -0.05) is 35.9 Å². The maximum Gasteiger partial charge on any atom is 0.227 e. The minimum absolute atomic E-state index is 0.541. The molecule has 0 atom stereocenters. The monoisotopic (exact) mass is 464 g/mol. The van der Waals surface area contributed by atoms with Gasteiger partial charge in [-0.15, -0.1) is 0 Å². The van der Waals surface area contributed by atoms with E-state index in [9.17, 15) is 0 Å². The fraction of sp³-hybridized carbons (Fsp3) is 0.0556. The van der Waals surface area contributed by atoms with E-state index in [2.05, 4.69) is 36.8 Å². The van der Waals surface area contributed by atoms with Crippen molar-refractivity contribution in [1.29, 1.82) is 0 Å². The van der Waals surface area contributed by atoms with Crippen LogP contribution in [0.5, 0.6) is 0 Å². The Labute approximate surface area is 160 Å². The van der Waals surface area contributed by atoms with Gasteiger partial charge < -0.3 is 10.2 Å². The molecule has 3 aromatic carbocycles. The molecule has 0 aliphatic carbocycles. The highest BCUT2D eigenvalue weighted by molar-refractivity contribution is 9.11. The predicted octanol–water partition coefficient (Wildman–Crippen LogP) is 6.72. The molecule has 4 aromatic rings. The zero-order valence-electron chi connectivity index (χ0n) is 12.5. The maximum atomic E-state index is 6.31. The van der Waals surface area contributed by atoms with E-state index < -0.39 is 0 Å². The predicted molar refractivity (Wildman–Crippen MR) is 107 cm³/mol. The summed E-state index contributed by atoms with van der Waals surface area (Å²) in [5.74, 6) is 0.541. The number of nitrogens with zero attached hydrogens (tertiary/aromatic N) is 1. The Hall–Kier alpha value is -1.56. The van der Waals surface area contributed by atoms with Crippen LogP contribution in [0.1, 0.15) is 5.56 Å². The molecule has 0 spiro atoms. The number of oxazole rings is 1. The Morgan fingerprint density at radius 2 is 1.75 bits per heavy atom. The molecule has 4 rings (SSSR count). The summed E-state index contributed by atoms with van der Waals surface area (Å²) >= 11 is 13.3. The summed E-state index contributed by atoms with van der Waals surface area (Å²) in [5, 5.41) is 2.67. The molecule has 1 heterocycles. The van der Waals surface area contributed by atoms with Crippen LogP contribution >= 0.6 is 43.5 Å². The van der Waals surface area contributed by atoms with Gasteiger partial charge in [-0.25, -0.2) is 4.98 Å². The number of aromatic nitrogens is 1. The Kier molecular flexibility index (Phi) is 3.82. The summed E-state index contributed by atoms with van der Waals surface area (Å²) in [5.41, 5.74) is 9.96. The van der Waals surface area contributed by atoms with Crippen molar-refractivity contribution in [3.8, 4) is 11.5 Å². The molecule has 6 heteroatoms. The number of nitrogen functional groups attached to an aromatic ring is 1. The number of fused-ring (bicyclic) bond motifs is 2. The van der Waals surface area contributed by atoms with Crippen LogP contribution in [0.15, 0.2) is 49.8 Å². The van der Waals surface area contributed by atoms with Crippen LogP contribution in [-0.4, -0.2) is 4.98 Å². The lowest BCUT2D eigenvalue weighted by molar-refractivity contribution is 0.618. The van der Waals surface area contributed by atoms with E-state index in [0.717, 1.165) is 30.8 Å². The van der Waals surface area contributed by atoms with Gasteiger partial charge in [0.2, 0.25) is 5.89 Å². The van der Waals surface area contributed by atoms with Gasteiger partial charge >= 0.3 is 0 Å². The number of benzene rings is 3. The summed E-state index contributed by atoms with van der Waals surface area (Å²) in [6.45, 7) is 1.95. The summed E-state index contributed by atoms with van der Waals surface area (Å²) < 4.78 is 7.62. The second kappa shape index (κ2) is 5.76. The highest BCUT2D eigenvalue weighted by Crippen LogP contribution is 2.41. The van der Waals surface area contributed by atoms with Crippen molar-refractivity contribution in [2.24, 2.45) is 0 Å². The molecule has 3 nitrogen and oxygen atoms in total. The van der Waals surface area contributed by atoms with Crippen LogP contribution in [0.25, 0.3) is 33.3 Å². The lowest BCUT2D eigenvalue weighted by Gasteiger charge is -2.05. The van der Waals surface area contributed by atoms with Gasteiger partial charge in [0, 0.05) is 26.0 Å². The first-order chi connectivity index (χ1) is 11.5. The summed E-state index contributed by atoms with van der Waals surface area (Å²) in [6, 6.07) is 11.7. The van der Waals surface area contributed by atoms with Gasteiger partial charge in [0.15, 0.2) is 5.58 Å². The van der Waals surface area contributed by atoms with Crippen LogP contribution < -0.4 is 5.73 Å². The number of rotatable bonds is 1. The summed E-state index contributed by atoms with van der Waals surface area (Å²) in [6.07, 6.45) is 0. The number of halogens is 3. The van der Waals surface area contributed by atoms with Crippen molar-refractivity contribution >= 4 is 71.0 Å². The number of anilines is 1. The van der Waals surface area contributed by atoms with Gasteiger partial charge in [-0.2, -0.15) is 0 Å². The largest absolute Gasteiger partial charge is 0.436 e. The van der Waals surface area contributed by atoms with Crippen LogP contribution in [-0.2, 0) is 0 Å². The molecule has 1 aromatic heterocycles. The van der Waals surface area contributed by atoms with Crippen molar-refractivity contribution in [3.63, 3.8) is 0 Å². The summed E-state index contributed by atoms with van der Waals surface area (Å²) in [7, 11) is 0. The van der Waals surface area contributed by atoms with E-state index in [0.29, 0.717) is 27.7 Å². The SMILES string of the molecule is Cc1c(Br)c(N)c(Br)c2nc(-c3cccc4c(Cl)cccc34)oc12.